The highest BCUT2D eigenvalue weighted by Gasteiger charge is 2.35. The van der Waals surface area contributed by atoms with Crippen molar-refractivity contribution in [3.05, 3.63) is 45.9 Å². The van der Waals surface area contributed by atoms with Gasteiger partial charge in [0, 0.05) is 16.3 Å². The zero-order chi connectivity index (χ0) is 16.4. The summed E-state index contributed by atoms with van der Waals surface area (Å²) in [6.45, 7) is 4.96. The molecule has 2 rings (SSSR count). The van der Waals surface area contributed by atoms with Crippen LogP contribution in [0.25, 0.3) is 0 Å². The second-order valence-electron chi connectivity index (χ2n) is 5.16. The summed E-state index contributed by atoms with van der Waals surface area (Å²) in [6.07, 6.45) is -0.345. The highest BCUT2D eigenvalue weighted by molar-refractivity contribution is 6.31. The second kappa shape index (κ2) is 6.36. The van der Waals surface area contributed by atoms with E-state index in [0.717, 1.165) is 0 Å². The van der Waals surface area contributed by atoms with Crippen LogP contribution in [0.3, 0.4) is 0 Å². The van der Waals surface area contributed by atoms with Gasteiger partial charge in [0.05, 0.1) is 17.7 Å². The van der Waals surface area contributed by atoms with Crippen molar-refractivity contribution in [3.63, 3.8) is 0 Å². The number of nitrogens with one attached hydrogen (secondary N) is 2. The molecule has 0 aromatic heterocycles. The molecule has 22 heavy (non-hydrogen) atoms. The van der Waals surface area contributed by atoms with Gasteiger partial charge in [-0.1, -0.05) is 17.7 Å². The first kappa shape index (κ1) is 16.3. The van der Waals surface area contributed by atoms with Crippen LogP contribution >= 0.6 is 11.6 Å². The van der Waals surface area contributed by atoms with Crippen molar-refractivity contribution in [2.45, 2.75) is 32.9 Å². The van der Waals surface area contributed by atoms with Crippen LogP contribution in [0.15, 0.2) is 29.5 Å². The Balaban J connectivity index is 2.53. The Morgan fingerprint density at radius 3 is 2.68 bits per heavy atom. The molecule has 0 saturated carbocycles. The minimum absolute atomic E-state index is 0.0362. The minimum Gasteiger partial charge on any atom is -0.459 e. The number of ether oxygens (including phenoxy) is 1. The van der Waals surface area contributed by atoms with Crippen LogP contribution in [0.4, 0.5) is 9.18 Å². The molecule has 1 atom stereocenters. The summed E-state index contributed by atoms with van der Waals surface area (Å²) in [5.41, 5.74) is 0.466. The number of hydrogen-bond acceptors (Lipinski definition) is 3. The average Bonchev–Trinajstić information content (AvgIpc) is 2.36. The van der Waals surface area contributed by atoms with Gasteiger partial charge >= 0.3 is 12.0 Å². The summed E-state index contributed by atoms with van der Waals surface area (Å²) in [6, 6.07) is 2.62. The van der Waals surface area contributed by atoms with E-state index in [1.165, 1.54) is 18.2 Å². The normalized spacial score (nSPS) is 18.1. The number of benzene rings is 1. The van der Waals surface area contributed by atoms with Crippen molar-refractivity contribution in [3.8, 4) is 0 Å². The third-order valence-electron chi connectivity index (χ3n) is 3.12. The third-order valence-corrected chi connectivity index (χ3v) is 3.45. The Hall–Kier alpha value is -2.08. The van der Waals surface area contributed by atoms with Crippen molar-refractivity contribution >= 4 is 23.6 Å². The standard InChI is InChI=1S/C15H16ClFN2O3/c1-7(2)22-14(20)11-8(3)18-15(21)19-13(11)12-9(16)5-4-6-10(12)17/h4-7,13H,1-3H3,(H2,18,19,21)/t13-/m0/s1. The molecule has 0 aliphatic carbocycles. The largest absolute Gasteiger partial charge is 0.459 e. The zero-order valence-corrected chi connectivity index (χ0v) is 13.1. The maximum Gasteiger partial charge on any atom is 0.338 e. The highest BCUT2D eigenvalue weighted by Crippen LogP contribution is 2.34. The molecule has 5 nitrogen and oxygen atoms in total. The summed E-state index contributed by atoms with van der Waals surface area (Å²) < 4.78 is 19.3. The Labute approximate surface area is 132 Å². The fourth-order valence-corrected chi connectivity index (χ4v) is 2.52. The van der Waals surface area contributed by atoms with E-state index in [9.17, 15) is 14.0 Å². The van der Waals surface area contributed by atoms with Crippen LogP contribution in [0.2, 0.25) is 5.02 Å². The van der Waals surface area contributed by atoms with E-state index in [-0.39, 0.29) is 22.3 Å². The molecule has 1 heterocycles. The Morgan fingerprint density at radius 1 is 1.41 bits per heavy atom. The lowest BCUT2D eigenvalue weighted by Crippen LogP contribution is -2.45. The fraction of sp³-hybridized carbons (Fsp3) is 0.333. The fourth-order valence-electron chi connectivity index (χ4n) is 2.24. The number of esters is 1. The maximum absolute atomic E-state index is 14.2. The lowest BCUT2D eigenvalue weighted by Gasteiger charge is -2.29. The first-order chi connectivity index (χ1) is 10.3. The van der Waals surface area contributed by atoms with Gasteiger partial charge in [-0.05, 0) is 32.9 Å². The number of carbonyl (C=O) groups is 2. The molecule has 2 N–H and O–H groups in total. The predicted molar refractivity (Wildman–Crippen MR) is 79.7 cm³/mol. The summed E-state index contributed by atoms with van der Waals surface area (Å²) in [4.78, 5) is 24.0. The van der Waals surface area contributed by atoms with Crippen molar-refractivity contribution in [2.24, 2.45) is 0 Å². The summed E-state index contributed by atoms with van der Waals surface area (Å²) in [5, 5.41) is 5.12. The molecule has 0 saturated heterocycles. The van der Waals surface area contributed by atoms with Crippen molar-refractivity contribution in [1.29, 1.82) is 0 Å². The number of hydrogen-bond donors (Lipinski definition) is 2. The second-order valence-corrected chi connectivity index (χ2v) is 5.57. The number of carbonyl (C=O) groups excluding carboxylic acids is 2. The number of amides is 2. The number of halogens is 2. The lowest BCUT2D eigenvalue weighted by molar-refractivity contribution is -0.143. The smallest absolute Gasteiger partial charge is 0.338 e. The quantitative estimate of drug-likeness (QED) is 0.839. The molecular formula is C15H16ClFN2O3. The van der Waals surface area contributed by atoms with Crippen LogP contribution in [0.5, 0.6) is 0 Å². The van der Waals surface area contributed by atoms with Crippen LogP contribution < -0.4 is 10.6 Å². The Morgan fingerprint density at radius 2 is 2.09 bits per heavy atom. The molecule has 0 fully saturated rings. The topological polar surface area (TPSA) is 67.4 Å². The van der Waals surface area contributed by atoms with Crippen molar-refractivity contribution in [1.82, 2.24) is 10.6 Å². The van der Waals surface area contributed by atoms with Gasteiger partial charge < -0.3 is 15.4 Å². The van der Waals surface area contributed by atoms with Crippen molar-refractivity contribution in [2.75, 3.05) is 0 Å². The average molecular weight is 327 g/mol. The van der Waals surface area contributed by atoms with E-state index in [1.807, 2.05) is 0 Å². The summed E-state index contributed by atoms with van der Waals surface area (Å²) >= 11 is 6.05. The van der Waals surface area contributed by atoms with Crippen LogP contribution in [-0.4, -0.2) is 18.1 Å². The molecule has 1 aliphatic heterocycles. The van der Waals surface area contributed by atoms with Crippen LogP contribution in [0.1, 0.15) is 32.4 Å². The molecule has 0 unspecified atom stereocenters. The SMILES string of the molecule is CC1=C(C(=O)OC(C)C)[C@@H](c2c(F)cccc2Cl)NC(=O)N1. The molecule has 1 aromatic rings. The first-order valence-electron chi connectivity index (χ1n) is 6.74. The van der Waals surface area contributed by atoms with E-state index in [4.69, 9.17) is 16.3 Å². The van der Waals surface area contributed by atoms with Gasteiger partial charge in [0.2, 0.25) is 0 Å². The first-order valence-corrected chi connectivity index (χ1v) is 7.12. The molecular weight excluding hydrogens is 311 g/mol. The predicted octanol–water partition coefficient (Wildman–Crippen LogP) is 3.06. The van der Waals surface area contributed by atoms with E-state index < -0.39 is 23.9 Å². The van der Waals surface area contributed by atoms with Gasteiger partial charge in [0.25, 0.3) is 0 Å². The molecule has 1 aromatic carbocycles. The van der Waals surface area contributed by atoms with E-state index in [2.05, 4.69) is 10.6 Å². The van der Waals surface area contributed by atoms with Crippen molar-refractivity contribution < 1.29 is 18.7 Å². The van der Waals surface area contributed by atoms with Gasteiger partial charge in [-0.15, -0.1) is 0 Å². The molecule has 7 heteroatoms. The number of urea groups is 1. The highest BCUT2D eigenvalue weighted by atomic mass is 35.5. The Bertz CT molecular complexity index is 638. The van der Waals surface area contributed by atoms with Gasteiger partial charge in [0.15, 0.2) is 0 Å². The zero-order valence-electron chi connectivity index (χ0n) is 12.4. The monoisotopic (exact) mass is 326 g/mol. The van der Waals surface area contributed by atoms with Gasteiger partial charge in [-0.25, -0.2) is 14.0 Å². The third kappa shape index (κ3) is 3.22. The molecule has 0 bridgehead atoms. The van der Waals surface area contributed by atoms with Gasteiger partial charge in [-0.2, -0.15) is 0 Å². The summed E-state index contributed by atoms with van der Waals surface area (Å²) in [5.74, 6) is -1.24. The van der Waals surface area contributed by atoms with Gasteiger partial charge in [-0.3, -0.25) is 0 Å². The van der Waals surface area contributed by atoms with Crippen LogP contribution in [-0.2, 0) is 9.53 Å². The number of rotatable bonds is 3. The van der Waals surface area contributed by atoms with E-state index in [0.29, 0.717) is 5.70 Å². The molecule has 2 amide bonds. The summed E-state index contributed by atoms with van der Waals surface area (Å²) in [7, 11) is 0. The molecule has 1 aliphatic rings. The number of allylic oxidation sites excluding steroid dienone is 1. The van der Waals surface area contributed by atoms with E-state index in [1.54, 1.807) is 20.8 Å². The molecule has 0 radical (unpaired) electrons. The van der Waals surface area contributed by atoms with E-state index >= 15 is 0 Å². The minimum atomic E-state index is -1.01. The lowest BCUT2D eigenvalue weighted by atomic mass is 9.95. The Kier molecular flexibility index (Phi) is 4.71. The molecule has 118 valence electrons. The van der Waals surface area contributed by atoms with Gasteiger partial charge in [0.1, 0.15) is 5.82 Å². The molecule has 0 spiro atoms. The van der Waals surface area contributed by atoms with Crippen LogP contribution in [0, 0.1) is 5.82 Å². The maximum atomic E-state index is 14.2.